The Morgan fingerprint density at radius 2 is 1.96 bits per heavy atom. The van der Waals surface area contributed by atoms with Gasteiger partial charge in [-0.1, -0.05) is 12.5 Å². The van der Waals surface area contributed by atoms with E-state index in [-0.39, 0.29) is 0 Å². The summed E-state index contributed by atoms with van der Waals surface area (Å²) >= 11 is 0. The first-order valence-electron chi connectivity index (χ1n) is 9.34. The molecule has 0 unspecified atom stereocenters. The van der Waals surface area contributed by atoms with Crippen molar-refractivity contribution in [1.82, 2.24) is 14.9 Å². The SMILES string of the molecule is COCCc1nc(N)c2c(n1)C(CCCCCN1CCCC1)=CC2. The van der Waals surface area contributed by atoms with Crippen molar-refractivity contribution in [2.24, 2.45) is 0 Å². The molecule has 1 fully saturated rings. The van der Waals surface area contributed by atoms with Crippen LogP contribution in [-0.2, 0) is 17.6 Å². The van der Waals surface area contributed by atoms with E-state index in [9.17, 15) is 0 Å². The highest BCUT2D eigenvalue weighted by molar-refractivity contribution is 5.73. The van der Waals surface area contributed by atoms with Crippen LogP contribution in [0.3, 0.4) is 0 Å². The molecular weight excluding hydrogens is 300 g/mol. The number of likely N-dealkylation sites (tertiary alicyclic amines) is 1. The van der Waals surface area contributed by atoms with Gasteiger partial charge in [0.1, 0.15) is 11.6 Å². The number of fused-ring (bicyclic) bond motifs is 1. The first-order chi connectivity index (χ1) is 11.8. The number of ether oxygens (including phenoxy) is 1. The molecule has 1 aromatic heterocycles. The summed E-state index contributed by atoms with van der Waals surface area (Å²) < 4.78 is 5.13. The first-order valence-corrected chi connectivity index (χ1v) is 9.34. The first kappa shape index (κ1) is 17.4. The minimum atomic E-state index is 0.633. The topological polar surface area (TPSA) is 64.3 Å². The van der Waals surface area contributed by atoms with Crippen LogP contribution in [0.1, 0.15) is 55.6 Å². The van der Waals surface area contributed by atoms with Gasteiger partial charge in [0.25, 0.3) is 0 Å². The van der Waals surface area contributed by atoms with E-state index in [1.807, 2.05) is 0 Å². The molecule has 2 aliphatic rings. The average Bonchev–Trinajstić information content (AvgIpc) is 3.23. The number of unbranched alkanes of at least 4 members (excludes halogenated alkanes) is 2. The second-order valence-corrected chi connectivity index (χ2v) is 6.89. The Balaban J connectivity index is 1.48. The molecule has 1 aliphatic carbocycles. The summed E-state index contributed by atoms with van der Waals surface area (Å²) in [6, 6.07) is 0. The summed E-state index contributed by atoms with van der Waals surface area (Å²) in [4.78, 5) is 11.8. The smallest absolute Gasteiger partial charge is 0.133 e. The molecule has 0 saturated carbocycles. The standard InChI is InChI=1S/C19H30N4O/c1-24-14-10-17-21-18-15(8-9-16(18)19(20)22-17)7-3-2-4-11-23-12-5-6-13-23/h8H,2-7,9-14H2,1H3,(H2,20,21,22). The van der Waals surface area contributed by atoms with Gasteiger partial charge in [-0.25, -0.2) is 9.97 Å². The van der Waals surface area contributed by atoms with Gasteiger partial charge < -0.3 is 15.4 Å². The second kappa shape index (κ2) is 8.58. The summed E-state index contributed by atoms with van der Waals surface area (Å²) in [6.07, 6.45) is 11.6. The quantitative estimate of drug-likeness (QED) is 0.705. The van der Waals surface area contributed by atoms with Crippen LogP contribution in [0.4, 0.5) is 5.82 Å². The van der Waals surface area contributed by atoms with Crippen molar-refractivity contribution in [3.63, 3.8) is 0 Å². The van der Waals surface area contributed by atoms with Crippen LogP contribution < -0.4 is 5.73 Å². The third-order valence-corrected chi connectivity index (χ3v) is 5.09. The number of hydrogen-bond acceptors (Lipinski definition) is 5. The van der Waals surface area contributed by atoms with E-state index in [2.05, 4.69) is 16.0 Å². The molecule has 0 radical (unpaired) electrons. The Kier molecular flexibility index (Phi) is 6.21. The highest BCUT2D eigenvalue weighted by atomic mass is 16.5. The molecule has 5 heteroatoms. The van der Waals surface area contributed by atoms with Gasteiger partial charge in [0.2, 0.25) is 0 Å². The third-order valence-electron chi connectivity index (χ3n) is 5.09. The fourth-order valence-electron chi connectivity index (χ4n) is 3.70. The number of aromatic nitrogens is 2. The number of rotatable bonds is 9. The van der Waals surface area contributed by atoms with Crippen LogP contribution in [0.15, 0.2) is 6.08 Å². The monoisotopic (exact) mass is 330 g/mol. The van der Waals surface area contributed by atoms with E-state index in [1.54, 1.807) is 7.11 Å². The lowest BCUT2D eigenvalue weighted by Gasteiger charge is -2.14. The van der Waals surface area contributed by atoms with Crippen molar-refractivity contribution in [3.8, 4) is 0 Å². The predicted octanol–water partition coefficient (Wildman–Crippen LogP) is 2.84. The van der Waals surface area contributed by atoms with Crippen LogP contribution >= 0.6 is 0 Å². The lowest BCUT2D eigenvalue weighted by molar-refractivity contribution is 0.200. The van der Waals surface area contributed by atoms with Crippen LogP contribution in [0, 0.1) is 0 Å². The molecule has 0 bridgehead atoms. The normalized spacial score (nSPS) is 17.3. The maximum Gasteiger partial charge on any atom is 0.133 e. The molecule has 5 nitrogen and oxygen atoms in total. The molecule has 2 N–H and O–H groups in total. The van der Waals surface area contributed by atoms with E-state index in [0.29, 0.717) is 12.4 Å². The van der Waals surface area contributed by atoms with Crippen LogP contribution in [-0.4, -0.2) is 48.2 Å². The van der Waals surface area contributed by atoms with E-state index >= 15 is 0 Å². The van der Waals surface area contributed by atoms with E-state index in [1.165, 1.54) is 57.3 Å². The van der Waals surface area contributed by atoms with Gasteiger partial charge in [-0.2, -0.15) is 0 Å². The summed E-state index contributed by atoms with van der Waals surface area (Å²) in [6.45, 7) is 4.51. The highest BCUT2D eigenvalue weighted by Gasteiger charge is 2.20. The zero-order valence-electron chi connectivity index (χ0n) is 14.9. The molecule has 1 saturated heterocycles. The Morgan fingerprint density at radius 3 is 2.75 bits per heavy atom. The number of nitrogen functional groups attached to an aromatic ring is 1. The fourth-order valence-corrected chi connectivity index (χ4v) is 3.70. The fraction of sp³-hybridized carbons (Fsp3) is 0.684. The van der Waals surface area contributed by atoms with Crippen LogP contribution in [0.5, 0.6) is 0 Å². The molecule has 0 aromatic carbocycles. The molecule has 1 aromatic rings. The van der Waals surface area contributed by atoms with Crippen molar-refractivity contribution in [1.29, 1.82) is 0 Å². The second-order valence-electron chi connectivity index (χ2n) is 6.89. The molecular formula is C19H30N4O. The summed E-state index contributed by atoms with van der Waals surface area (Å²) in [5.74, 6) is 1.45. The molecule has 132 valence electrons. The Morgan fingerprint density at radius 1 is 1.12 bits per heavy atom. The minimum Gasteiger partial charge on any atom is -0.384 e. The molecule has 1 aliphatic heterocycles. The predicted molar refractivity (Wildman–Crippen MR) is 97.8 cm³/mol. The van der Waals surface area contributed by atoms with Crippen molar-refractivity contribution in [2.45, 2.75) is 51.4 Å². The third kappa shape index (κ3) is 4.33. The Bertz CT molecular complexity index is 579. The van der Waals surface area contributed by atoms with E-state index in [4.69, 9.17) is 15.5 Å². The highest BCUT2D eigenvalue weighted by Crippen LogP contribution is 2.32. The van der Waals surface area contributed by atoms with Crippen molar-refractivity contribution >= 4 is 11.4 Å². The number of anilines is 1. The average molecular weight is 330 g/mol. The molecule has 0 amide bonds. The lowest BCUT2D eigenvalue weighted by atomic mass is 10.1. The van der Waals surface area contributed by atoms with Crippen molar-refractivity contribution < 1.29 is 4.74 Å². The number of nitrogens with two attached hydrogens (primary N) is 1. The number of hydrogen-bond donors (Lipinski definition) is 1. The lowest BCUT2D eigenvalue weighted by Crippen LogP contribution is -2.20. The summed E-state index contributed by atoms with van der Waals surface area (Å²) in [5.41, 5.74) is 9.69. The van der Waals surface area contributed by atoms with Gasteiger partial charge in [-0.05, 0) is 63.7 Å². The molecule has 2 heterocycles. The zero-order valence-corrected chi connectivity index (χ0v) is 14.9. The van der Waals surface area contributed by atoms with E-state index < -0.39 is 0 Å². The zero-order chi connectivity index (χ0) is 16.8. The number of nitrogens with zero attached hydrogens (tertiary/aromatic N) is 3. The van der Waals surface area contributed by atoms with Gasteiger partial charge in [0.05, 0.1) is 12.3 Å². The Hall–Kier alpha value is -1.46. The van der Waals surface area contributed by atoms with Gasteiger partial charge in [-0.15, -0.1) is 0 Å². The largest absolute Gasteiger partial charge is 0.384 e. The maximum absolute atomic E-state index is 6.12. The van der Waals surface area contributed by atoms with Crippen molar-refractivity contribution in [2.75, 3.05) is 39.1 Å². The van der Waals surface area contributed by atoms with Crippen LogP contribution in [0.25, 0.3) is 5.57 Å². The maximum atomic E-state index is 6.12. The van der Waals surface area contributed by atoms with Crippen molar-refractivity contribution in [3.05, 3.63) is 23.2 Å². The number of methoxy groups -OCH3 is 1. The summed E-state index contributed by atoms with van der Waals surface area (Å²) in [5, 5.41) is 0. The summed E-state index contributed by atoms with van der Waals surface area (Å²) in [7, 11) is 1.70. The Labute approximate surface area is 145 Å². The van der Waals surface area contributed by atoms with Crippen LogP contribution in [0.2, 0.25) is 0 Å². The van der Waals surface area contributed by atoms with Gasteiger partial charge >= 0.3 is 0 Å². The van der Waals surface area contributed by atoms with E-state index in [0.717, 1.165) is 36.3 Å². The molecule has 0 spiro atoms. The molecule has 0 atom stereocenters. The molecule has 3 rings (SSSR count). The molecule has 24 heavy (non-hydrogen) atoms. The minimum absolute atomic E-state index is 0.633. The number of allylic oxidation sites excluding steroid dienone is 2. The van der Waals surface area contributed by atoms with Gasteiger partial charge in [0, 0.05) is 19.1 Å². The van der Waals surface area contributed by atoms with Gasteiger partial charge in [-0.3, -0.25) is 0 Å². The van der Waals surface area contributed by atoms with Gasteiger partial charge in [0.15, 0.2) is 0 Å².